The van der Waals surface area contributed by atoms with Crippen LogP contribution < -0.4 is 4.74 Å². The molecule has 1 aliphatic rings. The molecule has 0 spiro atoms. The number of benzene rings is 2. The Kier molecular flexibility index (Phi) is 6.08. The summed E-state index contributed by atoms with van der Waals surface area (Å²) >= 11 is 0. The molecule has 2 aromatic rings. The van der Waals surface area contributed by atoms with Gasteiger partial charge in [-0.05, 0) is 68.2 Å². The number of aliphatic hydroxyl groups is 1. The van der Waals surface area contributed by atoms with Crippen molar-refractivity contribution in [2.75, 3.05) is 26.2 Å². The highest BCUT2D eigenvalue weighted by Gasteiger charge is 2.26. The fraction of sp³-hybridized carbons (Fsp3) is 0.429. The molecule has 0 bridgehead atoms. The molecule has 1 fully saturated rings. The first-order valence-corrected chi connectivity index (χ1v) is 9.35. The van der Waals surface area contributed by atoms with Crippen molar-refractivity contribution in [3.8, 4) is 16.9 Å². The Balaban J connectivity index is 1.56. The van der Waals surface area contributed by atoms with Crippen LogP contribution in [0, 0.1) is 10.1 Å². The van der Waals surface area contributed by atoms with Crippen molar-refractivity contribution < 1.29 is 14.8 Å². The van der Waals surface area contributed by atoms with Crippen LogP contribution in [0.5, 0.6) is 5.75 Å². The molecule has 0 amide bonds. The lowest BCUT2D eigenvalue weighted by molar-refractivity contribution is -0.384. The second kappa shape index (κ2) is 8.50. The van der Waals surface area contributed by atoms with Crippen LogP contribution in [0.4, 0.5) is 5.69 Å². The standard InChI is InChI=1S/C21H26N2O4/c1-21(24,15-22-13-3-2-4-14-22)16-27-20-11-7-18(8-12-20)17-5-9-19(10-6-17)23(25)26/h5-12,24H,2-4,13-16H2,1H3. The Morgan fingerprint density at radius 3 is 2.15 bits per heavy atom. The molecule has 144 valence electrons. The first-order valence-electron chi connectivity index (χ1n) is 9.35. The summed E-state index contributed by atoms with van der Waals surface area (Å²) < 4.78 is 5.79. The van der Waals surface area contributed by atoms with Crippen molar-refractivity contribution in [1.82, 2.24) is 4.90 Å². The number of piperidine rings is 1. The second-order valence-electron chi connectivity index (χ2n) is 7.45. The SMILES string of the molecule is CC(O)(COc1ccc(-c2ccc([N+](=O)[O-])cc2)cc1)CN1CCCCC1. The number of rotatable bonds is 7. The zero-order valence-electron chi connectivity index (χ0n) is 15.6. The highest BCUT2D eigenvalue weighted by molar-refractivity contribution is 5.65. The normalized spacial score (nSPS) is 17.3. The van der Waals surface area contributed by atoms with Gasteiger partial charge in [-0.3, -0.25) is 10.1 Å². The number of likely N-dealkylation sites (tertiary alicyclic amines) is 1. The van der Waals surface area contributed by atoms with Crippen LogP contribution in [-0.2, 0) is 0 Å². The van der Waals surface area contributed by atoms with E-state index in [9.17, 15) is 15.2 Å². The largest absolute Gasteiger partial charge is 0.491 e. The average Bonchev–Trinajstić information content (AvgIpc) is 2.67. The summed E-state index contributed by atoms with van der Waals surface area (Å²) in [6, 6.07) is 14.0. The number of hydrogen-bond donors (Lipinski definition) is 1. The number of nitrogens with zero attached hydrogens (tertiary/aromatic N) is 2. The molecule has 1 saturated heterocycles. The minimum Gasteiger partial charge on any atom is -0.491 e. The summed E-state index contributed by atoms with van der Waals surface area (Å²) in [5, 5.41) is 21.3. The Hall–Kier alpha value is -2.44. The lowest BCUT2D eigenvalue weighted by atomic mass is 10.0. The fourth-order valence-corrected chi connectivity index (χ4v) is 3.40. The number of hydrogen-bond acceptors (Lipinski definition) is 5. The number of β-amino-alcohol motifs (C(OH)–C–C–N with tert-alkyl or cyclic N) is 1. The summed E-state index contributed by atoms with van der Waals surface area (Å²) in [6.07, 6.45) is 3.67. The first-order chi connectivity index (χ1) is 12.9. The third-order valence-corrected chi connectivity index (χ3v) is 4.83. The molecule has 27 heavy (non-hydrogen) atoms. The predicted octanol–water partition coefficient (Wildman–Crippen LogP) is 3.88. The van der Waals surface area contributed by atoms with E-state index in [0.717, 1.165) is 24.2 Å². The van der Waals surface area contributed by atoms with Crippen LogP contribution >= 0.6 is 0 Å². The minimum atomic E-state index is -0.894. The van der Waals surface area contributed by atoms with Gasteiger partial charge in [0.25, 0.3) is 5.69 Å². The lowest BCUT2D eigenvalue weighted by Crippen LogP contribution is -2.46. The molecule has 0 aliphatic carbocycles. The van der Waals surface area contributed by atoms with E-state index in [1.807, 2.05) is 31.2 Å². The van der Waals surface area contributed by atoms with Crippen LogP contribution in [-0.4, -0.2) is 46.8 Å². The summed E-state index contributed by atoms with van der Waals surface area (Å²) in [5.74, 6) is 0.694. The van der Waals surface area contributed by atoms with Gasteiger partial charge in [-0.1, -0.05) is 18.6 Å². The molecule has 0 radical (unpaired) electrons. The molecule has 1 N–H and O–H groups in total. The van der Waals surface area contributed by atoms with Gasteiger partial charge in [0.1, 0.15) is 18.0 Å². The minimum absolute atomic E-state index is 0.0784. The van der Waals surface area contributed by atoms with Crippen LogP contribution in [0.15, 0.2) is 48.5 Å². The zero-order chi connectivity index (χ0) is 19.3. The Morgan fingerprint density at radius 2 is 1.59 bits per heavy atom. The van der Waals surface area contributed by atoms with Crippen LogP contribution in [0.1, 0.15) is 26.2 Å². The van der Waals surface area contributed by atoms with Crippen molar-refractivity contribution >= 4 is 5.69 Å². The van der Waals surface area contributed by atoms with Gasteiger partial charge in [0.2, 0.25) is 0 Å². The molecule has 6 heteroatoms. The van der Waals surface area contributed by atoms with Crippen molar-refractivity contribution in [2.45, 2.75) is 31.8 Å². The molecule has 1 heterocycles. The van der Waals surface area contributed by atoms with Gasteiger partial charge in [0, 0.05) is 18.7 Å². The van der Waals surface area contributed by atoms with Gasteiger partial charge < -0.3 is 14.7 Å². The first kappa shape index (κ1) is 19.3. The van der Waals surface area contributed by atoms with Crippen molar-refractivity contribution in [2.24, 2.45) is 0 Å². The van der Waals surface area contributed by atoms with E-state index >= 15 is 0 Å². The third kappa shape index (κ3) is 5.52. The molecule has 6 nitrogen and oxygen atoms in total. The highest BCUT2D eigenvalue weighted by Crippen LogP contribution is 2.25. The zero-order valence-corrected chi connectivity index (χ0v) is 15.6. The fourth-order valence-electron chi connectivity index (χ4n) is 3.40. The van der Waals surface area contributed by atoms with E-state index in [4.69, 9.17) is 4.74 Å². The molecule has 1 atom stereocenters. The van der Waals surface area contributed by atoms with E-state index < -0.39 is 10.5 Å². The van der Waals surface area contributed by atoms with Crippen LogP contribution in [0.25, 0.3) is 11.1 Å². The Morgan fingerprint density at radius 1 is 1.04 bits per heavy atom. The van der Waals surface area contributed by atoms with Crippen LogP contribution in [0.3, 0.4) is 0 Å². The summed E-state index contributed by atoms with van der Waals surface area (Å²) in [7, 11) is 0. The van der Waals surface area contributed by atoms with Gasteiger partial charge >= 0.3 is 0 Å². The van der Waals surface area contributed by atoms with E-state index in [0.29, 0.717) is 12.3 Å². The summed E-state index contributed by atoms with van der Waals surface area (Å²) in [5.41, 5.74) is 1.05. The Bertz CT molecular complexity index is 751. The van der Waals surface area contributed by atoms with Gasteiger partial charge in [-0.25, -0.2) is 0 Å². The highest BCUT2D eigenvalue weighted by atomic mass is 16.6. The van der Waals surface area contributed by atoms with E-state index in [1.165, 1.54) is 31.4 Å². The molecule has 1 unspecified atom stereocenters. The molecule has 0 saturated carbocycles. The molecule has 1 aliphatic heterocycles. The monoisotopic (exact) mass is 370 g/mol. The topological polar surface area (TPSA) is 75.8 Å². The molecular weight excluding hydrogens is 344 g/mol. The second-order valence-corrected chi connectivity index (χ2v) is 7.45. The maximum absolute atomic E-state index is 10.7. The Labute approximate surface area is 159 Å². The maximum atomic E-state index is 10.7. The number of ether oxygens (including phenoxy) is 1. The van der Waals surface area contributed by atoms with Crippen molar-refractivity contribution in [3.05, 3.63) is 58.6 Å². The van der Waals surface area contributed by atoms with E-state index in [2.05, 4.69) is 4.90 Å². The van der Waals surface area contributed by atoms with Crippen LogP contribution in [0.2, 0.25) is 0 Å². The lowest BCUT2D eigenvalue weighted by Gasteiger charge is -2.33. The van der Waals surface area contributed by atoms with E-state index in [-0.39, 0.29) is 12.3 Å². The van der Waals surface area contributed by atoms with Gasteiger partial charge in [-0.15, -0.1) is 0 Å². The van der Waals surface area contributed by atoms with Crippen molar-refractivity contribution in [3.63, 3.8) is 0 Å². The van der Waals surface area contributed by atoms with Gasteiger partial charge in [0.15, 0.2) is 0 Å². The van der Waals surface area contributed by atoms with Crippen molar-refractivity contribution in [1.29, 1.82) is 0 Å². The van der Waals surface area contributed by atoms with E-state index in [1.54, 1.807) is 12.1 Å². The third-order valence-electron chi connectivity index (χ3n) is 4.83. The molecule has 0 aromatic heterocycles. The predicted molar refractivity (Wildman–Crippen MR) is 105 cm³/mol. The smallest absolute Gasteiger partial charge is 0.269 e. The summed E-state index contributed by atoms with van der Waals surface area (Å²) in [4.78, 5) is 12.6. The van der Waals surface area contributed by atoms with Gasteiger partial charge in [0.05, 0.1) is 4.92 Å². The van der Waals surface area contributed by atoms with Gasteiger partial charge in [-0.2, -0.15) is 0 Å². The summed E-state index contributed by atoms with van der Waals surface area (Å²) in [6.45, 7) is 4.75. The maximum Gasteiger partial charge on any atom is 0.269 e. The molecule has 2 aromatic carbocycles. The number of nitro groups is 1. The number of nitro benzene ring substituents is 1. The molecular formula is C21H26N2O4. The quantitative estimate of drug-likeness (QED) is 0.591. The molecule has 3 rings (SSSR count). The number of non-ortho nitro benzene ring substituents is 1. The average molecular weight is 370 g/mol.